The first-order valence-electron chi connectivity index (χ1n) is 11.4. The molecular formula is C27H20ClN5O2. The van der Waals surface area contributed by atoms with Gasteiger partial charge in [-0.15, -0.1) is 0 Å². The van der Waals surface area contributed by atoms with Crippen LogP contribution in [0.1, 0.15) is 24.0 Å². The van der Waals surface area contributed by atoms with Crippen LogP contribution in [0.4, 0.5) is 5.95 Å². The number of benzene rings is 2. The maximum absolute atomic E-state index is 12.7. The standard InChI is InChI=1S/C27H20ClN5O2/c28-19-9-7-18(8-10-19)23-14-21(20-5-1-2-6-22(20)31-23)25-32-24(26(34)35-25)13-17-15-29-27(30-16-17)33-11-3-4-12-33/h1-2,5-10,13-16H,3-4,11-12H2/b24-13-. The molecular weight excluding hydrogens is 462 g/mol. The largest absolute Gasteiger partial charge is 0.402 e. The number of ether oxygens (including phenoxy) is 1. The maximum atomic E-state index is 12.7. The number of rotatable bonds is 4. The summed E-state index contributed by atoms with van der Waals surface area (Å²) >= 11 is 6.05. The van der Waals surface area contributed by atoms with Crippen molar-refractivity contribution in [2.45, 2.75) is 12.8 Å². The van der Waals surface area contributed by atoms with Crippen LogP contribution >= 0.6 is 11.6 Å². The summed E-state index contributed by atoms with van der Waals surface area (Å²) in [5.74, 6) is 0.433. The van der Waals surface area contributed by atoms with Gasteiger partial charge in [0.15, 0.2) is 5.70 Å². The molecule has 0 amide bonds. The highest BCUT2D eigenvalue weighted by molar-refractivity contribution is 6.30. The number of aromatic nitrogens is 3. The monoisotopic (exact) mass is 481 g/mol. The van der Waals surface area contributed by atoms with Gasteiger partial charge in [0, 0.05) is 52.6 Å². The molecule has 0 radical (unpaired) electrons. The molecule has 0 aliphatic carbocycles. The Morgan fingerprint density at radius 1 is 0.971 bits per heavy atom. The Kier molecular flexibility index (Phi) is 5.47. The summed E-state index contributed by atoms with van der Waals surface area (Å²) in [6.45, 7) is 1.94. The van der Waals surface area contributed by atoms with Crippen LogP contribution in [0.3, 0.4) is 0 Å². The topological polar surface area (TPSA) is 80.6 Å². The van der Waals surface area contributed by atoms with Crippen molar-refractivity contribution in [3.8, 4) is 11.3 Å². The Morgan fingerprint density at radius 2 is 1.71 bits per heavy atom. The number of hydrogen-bond donors (Lipinski definition) is 0. The predicted octanol–water partition coefficient (Wildman–Crippen LogP) is 5.29. The molecule has 4 aromatic rings. The summed E-state index contributed by atoms with van der Waals surface area (Å²) in [7, 11) is 0. The van der Waals surface area contributed by atoms with Gasteiger partial charge in [0.05, 0.1) is 11.2 Å². The zero-order valence-corrected chi connectivity index (χ0v) is 19.4. The number of fused-ring (bicyclic) bond motifs is 1. The van der Waals surface area contributed by atoms with Crippen molar-refractivity contribution in [2.24, 2.45) is 4.99 Å². The molecule has 2 aliphatic rings. The van der Waals surface area contributed by atoms with E-state index >= 15 is 0 Å². The lowest BCUT2D eigenvalue weighted by Gasteiger charge is -2.14. The molecule has 6 rings (SSSR count). The Balaban J connectivity index is 1.37. The molecule has 4 heterocycles. The van der Waals surface area contributed by atoms with Crippen LogP contribution in [-0.4, -0.2) is 39.9 Å². The third-order valence-corrected chi connectivity index (χ3v) is 6.31. The number of hydrogen-bond acceptors (Lipinski definition) is 7. The summed E-state index contributed by atoms with van der Waals surface area (Å²) in [6.07, 6.45) is 7.36. The molecule has 2 aromatic heterocycles. The van der Waals surface area contributed by atoms with E-state index in [-0.39, 0.29) is 11.6 Å². The first kappa shape index (κ1) is 21.4. The maximum Gasteiger partial charge on any atom is 0.363 e. The number of halogens is 1. The molecule has 1 saturated heterocycles. The molecule has 1 fully saturated rings. The number of carbonyl (C=O) groups is 1. The first-order chi connectivity index (χ1) is 17.1. The molecule has 0 saturated carbocycles. The third kappa shape index (κ3) is 4.26. The molecule has 2 aliphatic heterocycles. The van der Waals surface area contributed by atoms with Crippen LogP contribution in [0.2, 0.25) is 5.02 Å². The number of anilines is 1. The van der Waals surface area contributed by atoms with Crippen LogP contribution in [0.5, 0.6) is 0 Å². The van der Waals surface area contributed by atoms with Crippen LogP contribution in [-0.2, 0) is 9.53 Å². The van der Waals surface area contributed by atoms with Gasteiger partial charge >= 0.3 is 5.97 Å². The van der Waals surface area contributed by atoms with Gasteiger partial charge in [0.25, 0.3) is 0 Å². The second-order valence-electron chi connectivity index (χ2n) is 8.43. The minimum absolute atomic E-state index is 0.200. The van der Waals surface area contributed by atoms with E-state index in [1.165, 1.54) is 0 Å². The molecule has 2 aromatic carbocycles. The summed E-state index contributed by atoms with van der Waals surface area (Å²) in [5, 5.41) is 1.49. The second kappa shape index (κ2) is 8.92. The van der Waals surface area contributed by atoms with E-state index in [0.717, 1.165) is 48.1 Å². The SMILES string of the molecule is O=C1OC(c2cc(-c3ccc(Cl)cc3)nc3ccccc23)=N/C1=C\c1cnc(N2CCCC2)nc1. The Hall–Kier alpha value is -4.10. The summed E-state index contributed by atoms with van der Waals surface area (Å²) in [4.78, 5) is 33.0. The second-order valence-corrected chi connectivity index (χ2v) is 8.86. The lowest BCUT2D eigenvalue weighted by Crippen LogP contribution is -2.20. The number of nitrogens with zero attached hydrogens (tertiary/aromatic N) is 5. The quantitative estimate of drug-likeness (QED) is 0.291. The fourth-order valence-corrected chi connectivity index (χ4v) is 4.42. The minimum atomic E-state index is -0.516. The number of aliphatic imine (C=N–C) groups is 1. The molecule has 172 valence electrons. The fraction of sp³-hybridized carbons (Fsp3) is 0.148. The van der Waals surface area contributed by atoms with Gasteiger partial charge in [-0.05, 0) is 43.2 Å². The highest BCUT2D eigenvalue weighted by Gasteiger charge is 2.26. The average Bonchev–Trinajstić information content (AvgIpc) is 3.55. The van der Waals surface area contributed by atoms with E-state index in [4.69, 9.17) is 21.3 Å². The van der Waals surface area contributed by atoms with E-state index in [1.54, 1.807) is 18.5 Å². The van der Waals surface area contributed by atoms with Crippen molar-refractivity contribution in [1.29, 1.82) is 0 Å². The normalized spacial score (nSPS) is 16.7. The third-order valence-electron chi connectivity index (χ3n) is 6.06. The predicted molar refractivity (Wildman–Crippen MR) is 136 cm³/mol. The van der Waals surface area contributed by atoms with Crippen LogP contribution in [0, 0.1) is 0 Å². The zero-order valence-electron chi connectivity index (χ0n) is 18.7. The molecule has 0 unspecified atom stereocenters. The van der Waals surface area contributed by atoms with Gasteiger partial charge in [-0.2, -0.15) is 0 Å². The van der Waals surface area contributed by atoms with Crippen molar-refractivity contribution in [1.82, 2.24) is 15.0 Å². The average molecular weight is 482 g/mol. The van der Waals surface area contributed by atoms with E-state index in [2.05, 4.69) is 19.9 Å². The Morgan fingerprint density at radius 3 is 2.49 bits per heavy atom. The fourth-order valence-electron chi connectivity index (χ4n) is 4.29. The van der Waals surface area contributed by atoms with E-state index < -0.39 is 5.97 Å². The molecule has 0 atom stereocenters. The van der Waals surface area contributed by atoms with Crippen LogP contribution in [0.25, 0.3) is 28.2 Å². The molecule has 8 heteroatoms. The Bertz CT molecular complexity index is 1490. The van der Waals surface area contributed by atoms with Crippen molar-refractivity contribution in [3.63, 3.8) is 0 Å². The smallest absolute Gasteiger partial charge is 0.363 e. The van der Waals surface area contributed by atoms with Crippen molar-refractivity contribution >= 4 is 46.4 Å². The van der Waals surface area contributed by atoms with Gasteiger partial charge in [-0.25, -0.2) is 24.7 Å². The number of para-hydroxylation sites is 1. The molecule has 0 spiro atoms. The number of cyclic esters (lactones) is 1. The van der Waals surface area contributed by atoms with Crippen LogP contribution in [0.15, 0.2) is 77.7 Å². The van der Waals surface area contributed by atoms with E-state index in [9.17, 15) is 4.79 Å². The summed E-state index contributed by atoms with van der Waals surface area (Å²) in [5.41, 5.74) is 3.99. The van der Waals surface area contributed by atoms with Crippen molar-refractivity contribution in [3.05, 3.63) is 88.8 Å². The van der Waals surface area contributed by atoms with E-state index in [1.807, 2.05) is 54.6 Å². The lowest BCUT2D eigenvalue weighted by atomic mass is 10.0. The van der Waals surface area contributed by atoms with Crippen LogP contribution < -0.4 is 4.90 Å². The highest BCUT2D eigenvalue weighted by atomic mass is 35.5. The summed E-state index contributed by atoms with van der Waals surface area (Å²) < 4.78 is 5.60. The Labute approximate surface area is 206 Å². The lowest BCUT2D eigenvalue weighted by molar-refractivity contribution is -0.129. The van der Waals surface area contributed by atoms with Gasteiger partial charge in [-0.1, -0.05) is 41.9 Å². The number of pyridine rings is 1. The van der Waals surface area contributed by atoms with Gasteiger partial charge in [0.1, 0.15) is 0 Å². The molecule has 0 N–H and O–H groups in total. The van der Waals surface area contributed by atoms with Crippen molar-refractivity contribution in [2.75, 3.05) is 18.0 Å². The summed E-state index contributed by atoms with van der Waals surface area (Å²) in [6, 6.07) is 17.0. The molecule has 0 bridgehead atoms. The molecule has 7 nitrogen and oxygen atoms in total. The van der Waals surface area contributed by atoms with Gasteiger partial charge in [0.2, 0.25) is 11.8 Å². The molecule has 35 heavy (non-hydrogen) atoms. The number of esters is 1. The minimum Gasteiger partial charge on any atom is -0.402 e. The zero-order chi connectivity index (χ0) is 23.8. The highest BCUT2D eigenvalue weighted by Crippen LogP contribution is 2.29. The number of carbonyl (C=O) groups excluding carboxylic acids is 1. The van der Waals surface area contributed by atoms with Gasteiger partial charge in [-0.3, -0.25) is 0 Å². The van der Waals surface area contributed by atoms with Crippen molar-refractivity contribution < 1.29 is 9.53 Å². The van der Waals surface area contributed by atoms with Gasteiger partial charge < -0.3 is 9.64 Å². The van der Waals surface area contributed by atoms with E-state index in [0.29, 0.717) is 22.1 Å². The first-order valence-corrected chi connectivity index (χ1v) is 11.8.